The van der Waals surface area contributed by atoms with Crippen molar-refractivity contribution in [1.82, 2.24) is 14.8 Å². The van der Waals surface area contributed by atoms with Crippen molar-refractivity contribution in [1.29, 1.82) is 0 Å². The Bertz CT molecular complexity index is 986. The molecule has 1 aromatic heterocycles. The molecule has 4 nitrogen and oxygen atoms in total. The van der Waals surface area contributed by atoms with Gasteiger partial charge in [-0.3, -0.25) is 9.36 Å². The van der Waals surface area contributed by atoms with Gasteiger partial charge in [-0.1, -0.05) is 17.8 Å². The smallest absolute Gasteiger partial charge is 0.192 e. The van der Waals surface area contributed by atoms with E-state index in [0.29, 0.717) is 23.1 Å². The number of nitrogens with zero attached hydrogens (tertiary/aromatic N) is 3. The first-order valence-corrected chi connectivity index (χ1v) is 8.89. The Balaban J connectivity index is 1.82. The Morgan fingerprint density at radius 1 is 1.07 bits per heavy atom. The second kappa shape index (κ2) is 8.22. The van der Waals surface area contributed by atoms with E-state index in [1.54, 1.807) is 22.8 Å². The van der Waals surface area contributed by atoms with Crippen LogP contribution in [-0.2, 0) is 6.54 Å². The van der Waals surface area contributed by atoms with Crippen LogP contribution >= 0.6 is 11.8 Å². The van der Waals surface area contributed by atoms with E-state index >= 15 is 0 Å². The van der Waals surface area contributed by atoms with Crippen LogP contribution in [0.15, 0.2) is 60.3 Å². The molecular formula is C19H14F3N3OS. The van der Waals surface area contributed by atoms with Crippen LogP contribution in [0.2, 0.25) is 0 Å². The normalized spacial score (nSPS) is 10.8. The number of halogens is 3. The Labute approximate surface area is 157 Å². The average molecular weight is 389 g/mol. The van der Waals surface area contributed by atoms with Crippen LogP contribution in [-0.4, -0.2) is 26.3 Å². The number of hydrogen-bond donors (Lipinski definition) is 0. The van der Waals surface area contributed by atoms with Crippen molar-refractivity contribution in [3.05, 3.63) is 78.1 Å². The molecule has 8 heteroatoms. The van der Waals surface area contributed by atoms with Gasteiger partial charge in [-0.15, -0.1) is 16.8 Å². The molecule has 0 aliphatic rings. The molecule has 0 aliphatic heterocycles. The third kappa shape index (κ3) is 4.28. The van der Waals surface area contributed by atoms with Crippen molar-refractivity contribution in [2.24, 2.45) is 0 Å². The predicted molar refractivity (Wildman–Crippen MR) is 97.0 cm³/mol. The SMILES string of the molecule is C=CCn1c(SCC(=O)c2cc(F)ccc2F)nnc1-c1ccc(F)cc1. The molecule has 3 aromatic rings. The minimum atomic E-state index is -0.776. The Hall–Kier alpha value is -2.87. The lowest BCUT2D eigenvalue weighted by Gasteiger charge is -2.08. The summed E-state index contributed by atoms with van der Waals surface area (Å²) in [6.07, 6.45) is 1.63. The number of aromatic nitrogens is 3. The van der Waals surface area contributed by atoms with Crippen LogP contribution in [0.4, 0.5) is 13.2 Å². The maximum Gasteiger partial charge on any atom is 0.192 e. The van der Waals surface area contributed by atoms with Crippen LogP contribution in [0.1, 0.15) is 10.4 Å². The molecule has 0 atom stereocenters. The van der Waals surface area contributed by atoms with E-state index in [9.17, 15) is 18.0 Å². The van der Waals surface area contributed by atoms with Crippen molar-refractivity contribution in [2.45, 2.75) is 11.7 Å². The van der Waals surface area contributed by atoms with Crippen LogP contribution in [0.3, 0.4) is 0 Å². The molecule has 0 saturated carbocycles. The molecule has 3 rings (SSSR count). The van der Waals surface area contributed by atoms with Gasteiger partial charge in [0, 0.05) is 12.1 Å². The molecule has 2 aromatic carbocycles. The maximum absolute atomic E-state index is 13.7. The molecule has 138 valence electrons. The van der Waals surface area contributed by atoms with E-state index in [2.05, 4.69) is 16.8 Å². The number of hydrogen-bond acceptors (Lipinski definition) is 4. The van der Waals surface area contributed by atoms with Gasteiger partial charge in [0.2, 0.25) is 0 Å². The summed E-state index contributed by atoms with van der Waals surface area (Å²) < 4.78 is 41.8. The van der Waals surface area contributed by atoms with E-state index in [4.69, 9.17) is 0 Å². The highest BCUT2D eigenvalue weighted by atomic mass is 32.2. The molecule has 0 spiro atoms. The van der Waals surface area contributed by atoms with Gasteiger partial charge < -0.3 is 0 Å². The number of ketones is 1. The number of rotatable bonds is 7. The zero-order chi connectivity index (χ0) is 19.4. The summed E-state index contributed by atoms with van der Waals surface area (Å²) in [5, 5.41) is 8.56. The Kier molecular flexibility index (Phi) is 5.75. The second-order valence-corrected chi connectivity index (χ2v) is 6.49. The second-order valence-electron chi connectivity index (χ2n) is 5.55. The first-order chi connectivity index (χ1) is 13.0. The topological polar surface area (TPSA) is 47.8 Å². The Morgan fingerprint density at radius 2 is 1.78 bits per heavy atom. The number of allylic oxidation sites excluding steroid dienone is 1. The third-order valence-corrected chi connectivity index (χ3v) is 4.66. The quantitative estimate of drug-likeness (QED) is 0.339. The molecule has 1 heterocycles. The summed E-state index contributed by atoms with van der Waals surface area (Å²) in [5.41, 5.74) is 0.344. The minimum Gasteiger partial charge on any atom is -0.298 e. The van der Waals surface area contributed by atoms with E-state index in [1.807, 2.05) is 0 Å². The zero-order valence-corrected chi connectivity index (χ0v) is 14.8. The van der Waals surface area contributed by atoms with Crippen LogP contribution < -0.4 is 0 Å². The van der Waals surface area contributed by atoms with E-state index in [1.165, 1.54) is 12.1 Å². The monoisotopic (exact) mass is 389 g/mol. The molecule has 0 amide bonds. The average Bonchev–Trinajstić information content (AvgIpc) is 3.05. The summed E-state index contributed by atoms with van der Waals surface area (Å²) in [5.74, 6) is -2.04. The van der Waals surface area contributed by atoms with Crippen molar-refractivity contribution in [2.75, 3.05) is 5.75 Å². The standard InChI is InChI=1S/C19H14F3N3OS/c1-2-9-25-18(12-3-5-13(20)6-4-12)23-24-19(25)27-11-17(26)15-10-14(21)7-8-16(15)22/h2-8,10H,1,9,11H2. The molecule has 0 aliphatic carbocycles. The molecule has 0 radical (unpaired) electrons. The number of thioether (sulfide) groups is 1. The summed E-state index contributed by atoms with van der Waals surface area (Å²) in [6, 6.07) is 8.50. The van der Waals surface area contributed by atoms with E-state index in [0.717, 1.165) is 30.0 Å². The first kappa shape index (κ1) is 18.9. The summed E-state index contributed by atoms with van der Waals surface area (Å²) in [6.45, 7) is 4.05. The zero-order valence-electron chi connectivity index (χ0n) is 14.0. The summed E-state index contributed by atoms with van der Waals surface area (Å²) in [7, 11) is 0. The molecular weight excluding hydrogens is 375 g/mol. The minimum absolute atomic E-state index is 0.140. The highest BCUT2D eigenvalue weighted by Gasteiger charge is 2.18. The lowest BCUT2D eigenvalue weighted by Crippen LogP contribution is -2.08. The van der Waals surface area contributed by atoms with Crippen molar-refractivity contribution < 1.29 is 18.0 Å². The molecule has 0 N–H and O–H groups in total. The first-order valence-electron chi connectivity index (χ1n) is 7.90. The third-order valence-electron chi connectivity index (χ3n) is 3.69. The van der Waals surface area contributed by atoms with Gasteiger partial charge >= 0.3 is 0 Å². The molecule has 0 unspecified atom stereocenters. The molecule has 0 saturated heterocycles. The molecule has 0 bridgehead atoms. The van der Waals surface area contributed by atoms with E-state index in [-0.39, 0.29) is 17.1 Å². The molecule has 27 heavy (non-hydrogen) atoms. The van der Waals surface area contributed by atoms with Gasteiger partial charge in [-0.2, -0.15) is 0 Å². The van der Waals surface area contributed by atoms with Gasteiger partial charge in [0.25, 0.3) is 0 Å². The van der Waals surface area contributed by atoms with Crippen molar-refractivity contribution in [3.63, 3.8) is 0 Å². The number of Topliss-reactive ketones (excluding diaryl/α,β-unsaturated/α-hetero) is 1. The number of carbonyl (C=O) groups excluding carboxylic acids is 1. The largest absolute Gasteiger partial charge is 0.298 e. The van der Waals surface area contributed by atoms with Crippen molar-refractivity contribution >= 4 is 17.5 Å². The van der Waals surface area contributed by atoms with Crippen LogP contribution in [0.5, 0.6) is 0 Å². The number of benzene rings is 2. The highest BCUT2D eigenvalue weighted by Crippen LogP contribution is 2.25. The lowest BCUT2D eigenvalue weighted by molar-refractivity contribution is 0.101. The van der Waals surface area contributed by atoms with Gasteiger partial charge in [0.15, 0.2) is 16.8 Å². The fourth-order valence-electron chi connectivity index (χ4n) is 2.42. The van der Waals surface area contributed by atoms with Crippen LogP contribution in [0.25, 0.3) is 11.4 Å². The highest BCUT2D eigenvalue weighted by molar-refractivity contribution is 7.99. The Morgan fingerprint density at radius 3 is 2.48 bits per heavy atom. The van der Waals surface area contributed by atoms with Gasteiger partial charge in [-0.05, 0) is 42.5 Å². The fourth-order valence-corrected chi connectivity index (χ4v) is 3.25. The van der Waals surface area contributed by atoms with E-state index < -0.39 is 17.4 Å². The van der Waals surface area contributed by atoms with Gasteiger partial charge in [0.1, 0.15) is 17.5 Å². The summed E-state index contributed by atoms with van der Waals surface area (Å²) >= 11 is 1.05. The lowest BCUT2D eigenvalue weighted by atomic mass is 10.1. The van der Waals surface area contributed by atoms with Crippen LogP contribution in [0, 0.1) is 17.5 Å². The van der Waals surface area contributed by atoms with Gasteiger partial charge in [0.05, 0.1) is 11.3 Å². The van der Waals surface area contributed by atoms with Gasteiger partial charge in [-0.25, -0.2) is 13.2 Å². The predicted octanol–water partition coefficient (Wildman–Crippen LogP) is 4.52. The summed E-state index contributed by atoms with van der Waals surface area (Å²) in [4.78, 5) is 12.2. The molecule has 0 fully saturated rings. The fraction of sp³-hybridized carbons (Fsp3) is 0.105. The number of carbonyl (C=O) groups is 1. The van der Waals surface area contributed by atoms with Crippen molar-refractivity contribution in [3.8, 4) is 11.4 Å². The maximum atomic E-state index is 13.7.